The van der Waals surface area contributed by atoms with Crippen molar-refractivity contribution in [2.75, 3.05) is 13.2 Å². The summed E-state index contributed by atoms with van der Waals surface area (Å²) in [6, 6.07) is 0. The molecule has 0 aromatic carbocycles. The van der Waals surface area contributed by atoms with E-state index in [4.69, 9.17) is 14.9 Å². The minimum absolute atomic E-state index is 0.120. The molecule has 0 aliphatic heterocycles. The average molecular weight is 164 g/mol. The Bertz CT molecular complexity index is 79.4. The minimum atomic E-state index is -0.682. The van der Waals surface area contributed by atoms with Crippen LogP contribution in [0.2, 0.25) is 0 Å². The van der Waals surface area contributed by atoms with Gasteiger partial charge in [-0.1, -0.05) is 6.92 Å². The SMILES string of the molecule is CCCOC([SiH3])C(O)CO. The highest BCUT2D eigenvalue weighted by Crippen LogP contribution is 1.94. The summed E-state index contributed by atoms with van der Waals surface area (Å²) in [5.41, 5.74) is -0.120. The van der Waals surface area contributed by atoms with Crippen LogP contribution in [0, 0.1) is 0 Å². The van der Waals surface area contributed by atoms with Crippen LogP contribution in [0.3, 0.4) is 0 Å². The first-order chi connectivity index (χ1) is 4.72. The third kappa shape index (κ3) is 4.00. The summed E-state index contributed by atoms with van der Waals surface area (Å²) in [7, 11) is 0.765. The first-order valence-corrected chi connectivity index (χ1v) is 4.78. The first kappa shape index (κ1) is 10.1. The van der Waals surface area contributed by atoms with Gasteiger partial charge in [-0.15, -0.1) is 0 Å². The molecule has 0 heterocycles. The highest BCUT2D eigenvalue weighted by molar-refractivity contribution is 6.11. The summed E-state index contributed by atoms with van der Waals surface area (Å²) >= 11 is 0. The molecule has 0 aromatic heterocycles. The van der Waals surface area contributed by atoms with E-state index in [9.17, 15) is 0 Å². The van der Waals surface area contributed by atoms with E-state index in [1.165, 1.54) is 0 Å². The van der Waals surface area contributed by atoms with E-state index in [1.54, 1.807) is 0 Å². The predicted molar refractivity (Wildman–Crippen MR) is 43.1 cm³/mol. The molecule has 0 radical (unpaired) electrons. The molecule has 62 valence electrons. The normalized spacial score (nSPS) is 17.1. The fourth-order valence-electron chi connectivity index (χ4n) is 0.563. The van der Waals surface area contributed by atoms with Crippen LogP contribution in [0.5, 0.6) is 0 Å². The zero-order chi connectivity index (χ0) is 7.98. The molecule has 3 nitrogen and oxygen atoms in total. The Morgan fingerprint density at radius 3 is 2.60 bits per heavy atom. The number of aliphatic hydroxyl groups is 2. The van der Waals surface area contributed by atoms with Gasteiger partial charge < -0.3 is 14.9 Å². The van der Waals surface area contributed by atoms with Crippen molar-refractivity contribution in [3.8, 4) is 0 Å². The molecular weight excluding hydrogens is 148 g/mol. The number of hydrogen-bond donors (Lipinski definition) is 2. The van der Waals surface area contributed by atoms with Gasteiger partial charge in [0.1, 0.15) is 0 Å². The molecule has 4 heteroatoms. The lowest BCUT2D eigenvalue weighted by atomic mass is 10.4. The van der Waals surface area contributed by atoms with Gasteiger partial charge in [0.05, 0.1) is 18.4 Å². The van der Waals surface area contributed by atoms with Crippen LogP contribution in [0.1, 0.15) is 13.3 Å². The van der Waals surface area contributed by atoms with Crippen molar-refractivity contribution in [1.29, 1.82) is 0 Å². The van der Waals surface area contributed by atoms with Gasteiger partial charge in [0.25, 0.3) is 0 Å². The number of hydrogen-bond acceptors (Lipinski definition) is 3. The zero-order valence-electron chi connectivity index (χ0n) is 6.58. The lowest BCUT2D eigenvalue weighted by molar-refractivity contribution is -0.0168. The van der Waals surface area contributed by atoms with Crippen LogP contribution in [0.25, 0.3) is 0 Å². The van der Waals surface area contributed by atoms with Crippen molar-refractivity contribution < 1.29 is 14.9 Å². The Hall–Kier alpha value is 0.0969. The van der Waals surface area contributed by atoms with Gasteiger partial charge in [-0.05, 0) is 6.42 Å². The number of ether oxygens (including phenoxy) is 1. The van der Waals surface area contributed by atoms with Crippen LogP contribution in [0.4, 0.5) is 0 Å². The Labute approximate surface area is 64.4 Å². The van der Waals surface area contributed by atoms with E-state index in [2.05, 4.69) is 0 Å². The molecular formula is C6H16O3Si. The summed E-state index contributed by atoms with van der Waals surface area (Å²) in [5, 5.41) is 17.5. The van der Waals surface area contributed by atoms with Crippen molar-refractivity contribution in [3.63, 3.8) is 0 Å². The lowest BCUT2D eigenvalue weighted by Gasteiger charge is -2.16. The molecule has 0 rings (SSSR count). The van der Waals surface area contributed by atoms with Crippen LogP contribution in [-0.4, -0.2) is 45.5 Å². The molecule has 0 saturated carbocycles. The second-order valence-corrected chi connectivity index (χ2v) is 3.46. The molecule has 0 saturated heterocycles. The Balaban J connectivity index is 3.31. The van der Waals surface area contributed by atoms with E-state index in [-0.39, 0.29) is 12.3 Å². The second kappa shape index (κ2) is 5.85. The summed E-state index contributed by atoms with van der Waals surface area (Å²) < 4.78 is 5.20. The summed E-state index contributed by atoms with van der Waals surface area (Å²) in [5.74, 6) is 0. The predicted octanol–water partition coefficient (Wildman–Crippen LogP) is -1.54. The van der Waals surface area contributed by atoms with Crippen molar-refractivity contribution in [3.05, 3.63) is 0 Å². The maximum atomic E-state index is 9.01. The van der Waals surface area contributed by atoms with Crippen molar-refractivity contribution in [2.45, 2.75) is 25.2 Å². The summed E-state index contributed by atoms with van der Waals surface area (Å²) in [6.45, 7) is 2.49. The molecule has 2 atom stereocenters. The number of rotatable bonds is 5. The van der Waals surface area contributed by atoms with E-state index < -0.39 is 6.10 Å². The van der Waals surface area contributed by atoms with Crippen LogP contribution in [0.15, 0.2) is 0 Å². The summed E-state index contributed by atoms with van der Waals surface area (Å²) in [6.07, 6.45) is 0.273. The van der Waals surface area contributed by atoms with Crippen LogP contribution < -0.4 is 0 Å². The van der Waals surface area contributed by atoms with E-state index in [0.717, 1.165) is 16.7 Å². The van der Waals surface area contributed by atoms with Gasteiger partial charge in [0, 0.05) is 16.8 Å². The van der Waals surface area contributed by atoms with E-state index >= 15 is 0 Å². The fourth-order valence-corrected chi connectivity index (χ4v) is 1.01. The Kier molecular flexibility index (Phi) is 5.91. The van der Waals surface area contributed by atoms with Crippen LogP contribution in [-0.2, 0) is 4.74 Å². The molecule has 10 heavy (non-hydrogen) atoms. The second-order valence-electron chi connectivity index (χ2n) is 2.33. The minimum Gasteiger partial charge on any atom is -0.394 e. The van der Waals surface area contributed by atoms with Gasteiger partial charge in [-0.25, -0.2) is 0 Å². The quantitative estimate of drug-likeness (QED) is 0.484. The molecule has 0 fully saturated rings. The standard InChI is InChI=1S/C6H16O3Si/c1-2-3-9-6(10)5(8)4-7/h5-8H,2-4H2,1,10H3. The topological polar surface area (TPSA) is 49.7 Å². The van der Waals surface area contributed by atoms with Crippen molar-refractivity contribution in [2.24, 2.45) is 0 Å². The third-order valence-corrected chi connectivity index (χ3v) is 2.42. The highest BCUT2D eigenvalue weighted by Gasteiger charge is 2.11. The van der Waals surface area contributed by atoms with Gasteiger partial charge in [-0.2, -0.15) is 0 Å². The Morgan fingerprint density at radius 2 is 2.20 bits per heavy atom. The summed E-state index contributed by atoms with van der Waals surface area (Å²) in [4.78, 5) is 0. The lowest BCUT2D eigenvalue weighted by Crippen LogP contribution is -2.32. The zero-order valence-corrected chi connectivity index (χ0v) is 8.58. The average Bonchev–Trinajstić information content (AvgIpc) is 1.98. The van der Waals surface area contributed by atoms with E-state index in [0.29, 0.717) is 6.61 Å². The number of aliphatic hydroxyl groups excluding tert-OH is 2. The fraction of sp³-hybridized carbons (Fsp3) is 1.00. The van der Waals surface area contributed by atoms with E-state index in [1.807, 2.05) is 6.92 Å². The molecule has 0 bridgehead atoms. The smallest absolute Gasteiger partial charge is 0.0992 e. The van der Waals surface area contributed by atoms with Gasteiger partial charge in [0.2, 0.25) is 0 Å². The first-order valence-electron chi connectivity index (χ1n) is 3.62. The van der Waals surface area contributed by atoms with Gasteiger partial charge in [-0.3, -0.25) is 0 Å². The molecule has 2 unspecified atom stereocenters. The molecule has 0 aliphatic rings. The highest BCUT2D eigenvalue weighted by atomic mass is 28.1. The Morgan fingerprint density at radius 1 is 1.60 bits per heavy atom. The molecule has 0 aromatic rings. The van der Waals surface area contributed by atoms with Gasteiger partial charge in [0.15, 0.2) is 0 Å². The molecule has 0 spiro atoms. The van der Waals surface area contributed by atoms with Crippen molar-refractivity contribution in [1.82, 2.24) is 0 Å². The molecule has 0 aliphatic carbocycles. The molecule has 2 N–H and O–H groups in total. The third-order valence-electron chi connectivity index (χ3n) is 1.31. The largest absolute Gasteiger partial charge is 0.394 e. The maximum absolute atomic E-state index is 9.01. The van der Waals surface area contributed by atoms with Crippen molar-refractivity contribution >= 4 is 10.2 Å². The molecule has 0 amide bonds. The van der Waals surface area contributed by atoms with Crippen LogP contribution >= 0.6 is 0 Å². The monoisotopic (exact) mass is 164 g/mol. The maximum Gasteiger partial charge on any atom is 0.0992 e. The van der Waals surface area contributed by atoms with Gasteiger partial charge >= 0.3 is 0 Å².